The van der Waals surface area contributed by atoms with Gasteiger partial charge in [-0.05, 0) is 49.9 Å². The molecule has 1 aromatic rings. The van der Waals surface area contributed by atoms with Crippen molar-refractivity contribution in [2.45, 2.75) is 52.9 Å². The molecule has 0 fully saturated rings. The maximum atomic E-state index is 12.3. The molecule has 20 heavy (non-hydrogen) atoms. The van der Waals surface area contributed by atoms with Gasteiger partial charge in [0.25, 0.3) is 0 Å². The molecular formula is C15H23F2NO2. The second-order valence-electron chi connectivity index (χ2n) is 4.96. The van der Waals surface area contributed by atoms with E-state index in [9.17, 15) is 13.9 Å². The van der Waals surface area contributed by atoms with E-state index in [-0.39, 0.29) is 11.9 Å². The van der Waals surface area contributed by atoms with Crippen LogP contribution in [0.3, 0.4) is 0 Å². The molecule has 1 atom stereocenters. The molecule has 0 saturated heterocycles. The van der Waals surface area contributed by atoms with Gasteiger partial charge in [0.05, 0.1) is 6.10 Å². The van der Waals surface area contributed by atoms with Gasteiger partial charge in [-0.3, -0.25) is 0 Å². The molecule has 3 nitrogen and oxygen atoms in total. The van der Waals surface area contributed by atoms with Crippen molar-refractivity contribution in [2.75, 3.05) is 6.54 Å². The van der Waals surface area contributed by atoms with E-state index < -0.39 is 6.61 Å². The molecule has 0 amide bonds. The summed E-state index contributed by atoms with van der Waals surface area (Å²) in [4.78, 5) is 0. The van der Waals surface area contributed by atoms with Crippen molar-refractivity contribution in [3.8, 4) is 5.75 Å². The first-order valence-corrected chi connectivity index (χ1v) is 6.87. The van der Waals surface area contributed by atoms with Gasteiger partial charge in [-0.2, -0.15) is 8.78 Å². The van der Waals surface area contributed by atoms with Crippen LogP contribution < -0.4 is 10.1 Å². The zero-order chi connectivity index (χ0) is 15.1. The number of alkyl halides is 2. The predicted octanol–water partition coefficient (Wildman–Crippen LogP) is 3.16. The van der Waals surface area contributed by atoms with E-state index >= 15 is 0 Å². The van der Waals surface area contributed by atoms with Gasteiger partial charge in [0.1, 0.15) is 5.75 Å². The third-order valence-electron chi connectivity index (χ3n) is 3.18. The molecule has 0 radical (unpaired) electrons. The second kappa shape index (κ2) is 8.17. The van der Waals surface area contributed by atoms with Gasteiger partial charge < -0.3 is 15.2 Å². The van der Waals surface area contributed by atoms with Crippen LogP contribution in [0.5, 0.6) is 5.75 Å². The third kappa shape index (κ3) is 5.43. The summed E-state index contributed by atoms with van der Waals surface area (Å²) in [5.41, 5.74) is 2.43. The molecular weight excluding hydrogens is 264 g/mol. The second-order valence-corrected chi connectivity index (χ2v) is 4.96. The van der Waals surface area contributed by atoms with Crippen LogP contribution in [0.25, 0.3) is 0 Å². The Morgan fingerprint density at radius 1 is 1.25 bits per heavy atom. The number of aryl methyl sites for hydroxylation is 2. The first-order valence-electron chi connectivity index (χ1n) is 6.87. The maximum Gasteiger partial charge on any atom is 0.387 e. The first kappa shape index (κ1) is 16.9. The number of rotatable bonds is 8. The van der Waals surface area contributed by atoms with E-state index in [0.717, 1.165) is 18.5 Å². The number of hydrogen-bond acceptors (Lipinski definition) is 3. The Morgan fingerprint density at radius 3 is 2.35 bits per heavy atom. The number of benzene rings is 1. The maximum absolute atomic E-state index is 12.3. The van der Waals surface area contributed by atoms with Gasteiger partial charge in [0.15, 0.2) is 0 Å². The zero-order valence-electron chi connectivity index (χ0n) is 12.2. The fraction of sp³-hybridized carbons (Fsp3) is 0.600. The Kier molecular flexibility index (Phi) is 6.88. The van der Waals surface area contributed by atoms with Gasteiger partial charge >= 0.3 is 6.61 Å². The highest BCUT2D eigenvalue weighted by Crippen LogP contribution is 2.26. The molecule has 0 aliphatic rings. The predicted molar refractivity (Wildman–Crippen MR) is 75.2 cm³/mol. The number of nitrogens with one attached hydrogen (secondary N) is 1. The molecule has 114 valence electrons. The largest absolute Gasteiger partial charge is 0.434 e. The van der Waals surface area contributed by atoms with E-state index in [1.807, 2.05) is 19.1 Å². The van der Waals surface area contributed by atoms with Crippen LogP contribution >= 0.6 is 0 Å². The van der Waals surface area contributed by atoms with Crippen LogP contribution in [0.2, 0.25) is 0 Å². The number of ether oxygens (including phenoxy) is 1. The Hall–Kier alpha value is -1.20. The minimum absolute atomic E-state index is 0.255. The topological polar surface area (TPSA) is 41.5 Å². The molecule has 0 aromatic heterocycles. The zero-order valence-corrected chi connectivity index (χ0v) is 12.2. The van der Waals surface area contributed by atoms with Gasteiger partial charge in [-0.15, -0.1) is 0 Å². The molecule has 0 saturated carbocycles. The fourth-order valence-corrected chi connectivity index (χ4v) is 2.12. The Bertz CT molecular complexity index is 401. The van der Waals surface area contributed by atoms with E-state index in [1.54, 1.807) is 13.8 Å². The van der Waals surface area contributed by atoms with Crippen LogP contribution in [-0.2, 0) is 6.54 Å². The smallest absolute Gasteiger partial charge is 0.387 e. The summed E-state index contributed by atoms with van der Waals surface area (Å²) in [6.07, 6.45) is 1.19. The minimum Gasteiger partial charge on any atom is -0.434 e. The molecule has 1 unspecified atom stereocenters. The summed E-state index contributed by atoms with van der Waals surface area (Å²) in [6, 6.07) is 3.68. The van der Waals surface area contributed by atoms with Crippen LogP contribution in [0, 0.1) is 13.8 Å². The molecule has 1 rings (SSSR count). The van der Waals surface area contributed by atoms with Crippen molar-refractivity contribution in [2.24, 2.45) is 0 Å². The summed E-state index contributed by atoms with van der Waals surface area (Å²) in [5, 5.41) is 12.7. The van der Waals surface area contributed by atoms with Crippen molar-refractivity contribution in [1.82, 2.24) is 5.32 Å². The molecule has 5 heteroatoms. The van der Waals surface area contributed by atoms with Crippen LogP contribution in [0.15, 0.2) is 12.1 Å². The number of aliphatic hydroxyl groups excluding tert-OH is 1. The van der Waals surface area contributed by atoms with Crippen molar-refractivity contribution >= 4 is 0 Å². The molecule has 0 aliphatic carbocycles. The van der Waals surface area contributed by atoms with Crippen LogP contribution in [0.4, 0.5) is 8.78 Å². The molecule has 0 aliphatic heterocycles. The highest BCUT2D eigenvalue weighted by Gasteiger charge is 2.11. The molecule has 1 aromatic carbocycles. The molecule has 0 spiro atoms. The van der Waals surface area contributed by atoms with Crippen LogP contribution in [-0.4, -0.2) is 24.4 Å². The lowest BCUT2D eigenvalue weighted by Gasteiger charge is -2.14. The average Bonchev–Trinajstić information content (AvgIpc) is 2.38. The van der Waals surface area contributed by atoms with Gasteiger partial charge in [-0.25, -0.2) is 0 Å². The standard InChI is InChI=1S/C15H23F2NO2/c1-4-13(19)5-6-18-9-12-7-10(2)14(11(3)8-12)20-15(16)17/h7-8,13,15,18-19H,4-6,9H2,1-3H3. The van der Waals surface area contributed by atoms with E-state index in [1.165, 1.54) is 0 Å². The van der Waals surface area contributed by atoms with Crippen molar-refractivity contribution in [3.05, 3.63) is 28.8 Å². The highest BCUT2D eigenvalue weighted by molar-refractivity contribution is 5.43. The SMILES string of the molecule is CCC(O)CCNCc1cc(C)c(OC(F)F)c(C)c1. The number of hydrogen-bond donors (Lipinski definition) is 2. The highest BCUT2D eigenvalue weighted by atomic mass is 19.3. The summed E-state index contributed by atoms with van der Waals surface area (Å²) in [5.74, 6) is 0.255. The van der Waals surface area contributed by atoms with E-state index in [4.69, 9.17) is 0 Å². The Balaban J connectivity index is 2.56. The fourth-order valence-electron chi connectivity index (χ4n) is 2.12. The quantitative estimate of drug-likeness (QED) is 0.722. The number of aliphatic hydroxyl groups is 1. The summed E-state index contributed by atoms with van der Waals surface area (Å²) in [6.45, 7) is 4.03. The lowest BCUT2D eigenvalue weighted by Crippen LogP contribution is -2.20. The van der Waals surface area contributed by atoms with Gasteiger partial charge in [-0.1, -0.05) is 19.1 Å². The Morgan fingerprint density at radius 2 is 1.85 bits per heavy atom. The number of halogens is 2. The van der Waals surface area contributed by atoms with Gasteiger partial charge in [0, 0.05) is 6.54 Å². The summed E-state index contributed by atoms with van der Waals surface area (Å²) >= 11 is 0. The van der Waals surface area contributed by atoms with Crippen molar-refractivity contribution in [3.63, 3.8) is 0 Å². The van der Waals surface area contributed by atoms with Crippen molar-refractivity contribution < 1.29 is 18.6 Å². The van der Waals surface area contributed by atoms with Gasteiger partial charge in [0.2, 0.25) is 0 Å². The minimum atomic E-state index is -2.80. The summed E-state index contributed by atoms with van der Waals surface area (Å²) in [7, 11) is 0. The van der Waals surface area contributed by atoms with Crippen LogP contribution in [0.1, 0.15) is 36.5 Å². The molecule has 0 bridgehead atoms. The van der Waals surface area contributed by atoms with Crippen molar-refractivity contribution in [1.29, 1.82) is 0 Å². The lowest BCUT2D eigenvalue weighted by atomic mass is 10.1. The van der Waals surface area contributed by atoms with E-state index in [0.29, 0.717) is 24.1 Å². The molecule has 0 heterocycles. The lowest BCUT2D eigenvalue weighted by molar-refractivity contribution is -0.0507. The summed E-state index contributed by atoms with van der Waals surface area (Å²) < 4.78 is 29.1. The average molecular weight is 287 g/mol. The Labute approximate surface area is 119 Å². The molecule has 2 N–H and O–H groups in total. The monoisotopic (exact) mass is 287 g/mol. The normalized spacial score (nSPS) is 12.8. The van der Waals surface area contributed by atoms with E-state index in [2.05, 4.69) is 10.1 Å². The third-order valence-corrected chi connectivity index (χ3v) is 3.18. The first-order chi connectivity index (χ1) is 9.43.